The number of allylic oxidation sites excluding steroid dienone is 1. The van der Waals surface area contributed by atoms with E-state index in [1.54, 1.807) is 0 Å². The Morgan fingerprint density at radius 3 is 2.50 bits per heavy atom. The minimum absolute atomic E-state index is 0.0676. The summed E-state index contributed by atoms with van der Waals surface area (Å²) < 4.78 is 2.00. The average molecular weight is 450 g/mol. The van der Waals surface area contributed by atoms with Crippen LogP contribution < -0.4 is 10.2 Å². The number of hydrogen-bond donors (Lipinski definition) is 1. The number of benzene rings is 2. The normalized spacial score (nSPS) is 10.8. The van der Waals surface area contributed by atoms with E-state index >= 15 is 0 Å². The molecule has 0 bridgehead atoms. The van der Waals surface area contributed by atoms with Crippen molar-refractivity contribution in [2.45, 2.75) is 39.4 Å². The quantitative estimate of drug-likeness (QED) is 0.335. The van der Waals surface area contributed by atoms with Crippen LogP contribution in [-0.2, 0) is 11.3 Å². The Morgan fingerprint density at radius 2 is 1.84 bits per heavy atom. The summed E-state index contributed by atoms with van der Waals surface area (Å²) in [4.78, 5) is 14.8. The number of anilines is 2. The lowest BCUT2D eigenvalue weighted by atomic mass is 10.1. The first kappa shape index (κ1) is 23.6. The topological polar surface area (TPSA) is 63.1 Å². The minimum Gasteiger partial charge on any atom is -0.372 e. The fourth-order valence-electron chi connectivity index (χ4n) is 3.50. The molecule has 0 unspecified atom stereocenters. The summed E-state index contributed by atoms with van der Waals surface area (Å²) in [6, 6.07) is 14.4. The second kappa shape index (κ2) is 11.0. The highest BCUT2D eigenvalue weighted by Gasteiger charge is 2.16. The Bertz CT molecular complexity index is 1070. The molecule has 0 aliphatic rings. The Labute approximate surface area is 194 Å². The van der Waals surface area contributed by atoms with Crippen molar-refractivity contribution in [3.63, 3.8) is 0 Å². The summed E-state index contributed by atoms with van der Waals surface area (Å²) in [6.45, 7) is 14.7. The molecule has 32 heavy (non-hydrogen) atoms. The first-order chi connectivity index (χ1) is 15.5. The number of amides is 1. The van der Waals surface area contributed by atoms with Crippen LogP contribution in [-0.4, -0.2) is 39.5 Å². The van der Waals surface area contributed by atoms with Gasteiger partial charge < -0.3 is 10.2 Å². The molecule has 0 saturated carbocycles. The van der Waals surface area contributed by atoms with Gasteiger partial charge in [0.25, 0.3) is 0 Å². The largest absolute Gasteiger partial charge is 0.372 e. The SMILES string of the molecule is C=CCn1c(SCC(=O)Nc2cc(C)ccc2C)nnc1-c1ccc(N(CC)CC)cc1. The van der Waals surface area contributed by atoms with Gasteiger partial charge in [-0.2, -0.15) is 0 Å². The van der Waals surface area contributed by atoms with Gasteiger partial charge in [0, 0.05) is 36.6 Å². The molecule has 3 rings (SSSR count). The van der Waals surface area contributed by atoms with Crippen LogP contribution >= 0.6 is 11.8 Å². The van der Waals surface area contributed by atoms with Crippen molar-refractivity contribution in [3.8, 4) is 11.4 Å². The Morgan fingerprint density at radius 1 is 1.12 bits per heavy atom. The van der Waals surface area contributed by atoms with Gasteiger partial charge in [0.1, 0.15) is 0 Å². The van der Waals surface area contributed by atoms with Crippen molar-refractivity contribution in [1.82, 2.24) is 14.8 Å². The molecule has 0 spiro atoms. The van der Waals surface area contributed by atoms with Crippen molar-refractivity contribution in [2.24, 2.45) is 0 Å². The van der Waals surface area contributed by atoms with Gasteiger partial charge in [0.15, 0.2) is 11.0 Å². The van der Waals surface area contributed by atoms with Gasteiger partial charge in [-0.25, -0.2) is 0 Å². The van der Waals surface area contributed by atoms with E-state index in [9.17, 15) is 4.79 Å². The number of aromatic nitrogens is 3. The van der Waals surface area contributed by atoms with Crippen LogP contribution in [0.5, 0.6) is 0 Å². The highest BCUT2D eigenvalue weighted by Crippen LogP contribution is 2.26. The zero-order chi connectivity index (χ0) is 23.1. The Hall–Kier alpha value is -3.06. The minimum atomic E-state index is -0.0676. The molecule has 1 N–H and O–H groups in total. The molecule has 1 heterocycles. The Kier molecular flexibility index (Phi) is 8.11. The van der Waals surface area contributed by atoms with Crippen LogP contribution in [0.1, 0.15) is 25.0 Å². The lowest BCUT2D eigenvalue weighted by Crippen LogP contribution is -2.21. The van der Waals surface area contributed by atoms with Crippen molar-refractivity contribution in [3.05, 3.63) is 66.2 Å². The van der Waals surface area contributed by atoms with Gasteiger partial charge in [-0.15, -0.1) is 16.8 Å². The molecule has 2 aromatic carbocycles. The van der Waals surface area contributed by atoms with Crippen molar-refractivity contribution in [1.29, 1.82) is 0 Å². The Balaban J connectivity index is 1.74. The highest BCUT2D eigenvalue weighted by molar-refractivity contribution is 7.99. The summed E-state index contributed by atoms with van der Waals surface area (Å²) in [7, 11) is 0. The molecule has 3 aromatic rings. The molecule has 168 valence electrons. The van der Waals surface area contributed by atoms with E-state index in [4.69, 9.17) is 0 Å². The molecule has 0 saturated heterocycles. The predicted octanol–water partition coefficient (Wildman–Crippen LogP) is 5.32. The summed E-state index contributed by atoms with van der Waals surface area (Å²) >= 11 is 1.38. The maximum absolute atomic E-state index is 12.5. The third-order valence-corrected chi connectivity index (χ3v) is 6.25. The number of nitrogens with one attached hydrogen (secondary N) is 1. The third kappa shape index (κ3) is 5.59. The van der Waals surface area contributed by atoms with Crippen LogP contribution in [0.3, 0.4) is 0 Å². The van der Waals surface area contributed by atoms with Gasteiger partial charge in [0.2, 0.25) is 5.91 Å². The van der Waals surface area contributed by atoms with E-state index in [1.165, 1.54) is 17.4 Å². The van der Waals surface area contributed by atoms with Gasteiger partial charge in [-0.3, -0.25) is 9.36 Å². The summed E-state index contributed by atoms with van der Waals surface area (Å²) in [5.41, 5.74) is 5.17. The standard InChI is InChI=1S/C25H31N5OS/c1-6-15-30-24(20-11-13-21(14-12-20)29(7-2)8-3)27-28-25(30)32-17-23(31)26-22-16-18(4)9-10-19(22)5/h6,9-14,16H,1,7-8,15,17H2,2-5H3,(H,26,31). The molecule has 0 radical (unpaired) electrons. The molecule has 0 aliphatic heterocycles. The predicted molar refractivity (Wildman–Crippen MR) is 134 cm³/mol. The number of thioether (sulfide) groups is 1. The van der Waals surface area contributed by atoms with Crippen LogP contribution in [0, 0.1) is 13.8 Å². The number of aryl methyl sites for hydroxylation is 2. The number of nitrogens with zero attached hydrogens (tertiary/aromatic N) is 4. The van der Waals surface area contributed by atoms with E-state index in [2.05, 4.69) is 65.1 Å². The summed E-state index contributed by atoms with van der Waals surface area (Å²) in [5.74, 6) is 0.958. The second-order valence-corrected chi connectivity index (χ2v) is 8.52. The van der Waals surface area contributed by atoms with E-state index in [-0.39, 0.29) is 11.7 Å². The van der Waals surface area contributed by atoms with Gasteiger partial charge in [-0.1, -0.05) is 30.0 Å². The average Bonchev–Trinajstić information content (AvgIpc) is 3.19. The molecular formula is C25H31N5OS. The van der Waals surface area contributed by atoms with E-state index in [1.807, 2.05) is 42.7 Å². The molecular weight excluding hydrogens is 418 g/mol. The fourth-order valence-corrected chi connectivity index (χ4v) is 4.25. The number of rotatable bonds is 10. The monoisotopic (exact) mass is 449 g/mol. The molecule has 6 nitrogen and oxygen atoms in total. The van der Waals surface area contributed by atoms with Crippen molar-refractivity contribution in [2.75, 3.05) is 29.1 Å². The lowest BCUT2D eigenvalue weighted by molar-refractivity contribution is -0.113. The van der Waals surface area contributed by atoms with E-state index < -0.39 is 0 Å². The zero-order valence-corrected chi connectivity index (χ0v) is 20.1. The highest BCUT2D eigenvalue weighted by atomic mass is 32.2. The summed E-state index contributed by atoms with van der Waals surface area (Å²) in [6.07, 6.45) is 1.82. The first-order valence-corrected chi connectivity index (χ1v) is 11.8. The fraction of sp³-hybridized carbons (Fsp3) is 0.320. The van der Waals surface area contributed by atoms with Gasteiger partial charge in [-0.05, 0) is 69.2 Å². The van der Waals surface area contributed by atoms with Gasteiger partial charge >= 0.3 is 0 Å². The number of carbonyl (C=O) groups is 1. The molecule has 7 heteroatoms. The van der Waals surface area contributed by atoms with Gasteiger partial charge in [0.05, 0.1) is 5.75 Å². The third-order valence-electron chi connectivity index (χ3n) is 5.28. The van der Waals surface area contributed by atoms with Crippen LogP contribution in [0.25, 0.3) is 11.4 Å². The first-order valence-electron chi connectivity index (χ1n) is 10.9. The molecule has 1 aromatic heterocycles. The smallest absolute Gasteiger partial charge is 0.234 e. The van der Waals surface area contributed by atoms with Crippen LogP contribution in [0.15, 0.2) is 60.3 Å². The maximum atomic E-state index is 12.5. The number of hydrogen-bond acceptors (Lipinski definition) is 5. The zero-order valence-electron chi connectivity index (χ0n) is 19.3. The lowest BCUT2D eigenvalue weighted by Gasteiger charge is -2.21. The van der Waals surface area contributed by atoms with Crippen LogP contribution in [0.2, 0.25) is 0 Å². The van der Waals surface area contributed by atoms with Crippen molar-refractivity contribution >= 4 is 29.0 Å². The maximum Gasteiger partial charge on any atom is 0.234 e. The van der Waals surface area contributed by atoms with E-state index in [0.717, 1.165) is 41.3 Å². The molecule has 0 atom stereocenters. The second-order valence-electron chi connectivity index (χ2n) is 7.58. The van der Waals surface area contributed by atoms with E-state index in [0.29, 0.717) is 11.7 Å². The van der Waals surface area contributed by atoms with Crippen LogP contribution in [0.4, 0.5) is 11.4 Å². The number of carbonyl (C=O) groups excluding carboxylic acids is 1. The van der Waals surface area contributed by atoms with Crippen molar-refractivity contribution < 1.29 is 4.79 Å². The molecule has 0 fully saturated rings. The molecule has 1 amide bonds. The summed E-state index contributed by atoms with van der Waals surface area (Å²) in [5, 5.41) is 12.5. The molecule has 0 aliphatic carbocycles.